The van der Waals surface area contributed by atoms with Crippen molar-refractivity contribution in [3.63, 3.8) is 0 Å². The fourth-order valence-corrected chi connectivity index (χ4v) is 1.89. The first-order valence-corrected chi connectivity index (χ1v) is 6.19. The Morgan fingerprint density at radius 1 is 1.56 bits per heavy atom. The lowest BCUT2D eigenvalue weighted by atomic mass is 10.2. The summed E-state index contributed by atoms with van der Waals surface area (Å²) in [5, 5.41) is 8.64. The molecule has 0 spiro atoms. The van der Waals surface area contributed by atoms with E-state index in [9.17, 15) is 4.79 Å². The summed E-state index contributed by atoms with van der Waals surface area (Å²) in [6, 6.07) is 5.45. The van der Waals surface area contributed by atoms with Crippen LogP contribution >= 0.6 is 15.9 Å². The number of halogens is 1. The van der Waals surface area contributed by atoms with Crippen LogP contribution < -0.4 is 4.74 Å². The van der Waals surface area contributed by atoms with Crippen LogP contribution in [0.2, 0.25) is 0 Å². The highest BCUT2D eigenvalue weighted by Gasteiger charge is 2.10. The van der Waals surface area contributed by atoms with Gasteiger partial charge in [0.25, 0.3) is 0 Å². The molecule has 1 aromatic rings. The maximum atomic E-state index is 10.5. The van der Waals surface area contributed by atoms with E-state index in [0.29, 0.717) is 17.9 Å². The number of carbonyl (C=O) groups is 1. The quantitative estimate of drug-likeness (QED) is 0.820. The molecular weight excluding hydrogens is 300 g/mol. The molecule has 0 aliphatic carbocycles. The minimum absolute atomic E-state index is 0.120. The molecule has 0 aliphatic heterocycles. The SMILES string of the molecule is COCC(C)Oc1c(Br)cccc1C=CC(=O)O. The predicted octanol–water partition coefficient (Wildman–Crippen LogP) is 2.96. The Labute approximate surface area is 114 Å². The van der Waals surface area contributed by atoms with Crippen LogP contribution in [0.5, 0.6) is 5.75 Å². The average Bonchev–Trinajstić information content (AvgIpc) is 2.30. The summed E-state index contributed by atoms with van der Waals surface area (Å²) in [4.78, 5) is 10.5. The topological polar surface area (TPSA) is 55.8 Å². The number of carboxylic acids is 1. The van der Waals surface area contributed by atoms with Crippen LogP contribution in [0.3, 0.4) is 0 Å². The monoisotopic (exact) mass is 314 g/mol. The number of benzene rings is 1. The van der Waals surface area contributed by atoms with Crippen LogP contribution in [0.1, 0.15) is 12.5 Å². The summed E-state index contributed by atoms with van der Waals surface area (Å²) in [6.45, 7) is 2.34. The van der Waals surface area contributed by atoms with Gasteiger partial charge in [0, 0.05) is 18.7 Å². The van der Waals surface area contributed by atoms with Crippen molar-refractivity contribution >= 4 is 28.0 Å². The average molecular weight is 315 g/mol. The third-order valence-electron chi connectivity index (χ3n) is 2.12. The lowest BCUT2D eigenvalue weighted by Crippen LogP contribution is -2.18. The summed E-state index contributed by atoms with van der Waals surface area (Å²) < 4.78 is 11.5. The van der Waals surface area contributed by atoms with Gasteiger partial charge in [-0.15, -0.1) is 0 Å². The van der Waals surface area contributed by atoms with E-state index in [-0.39, 0.29) is 6.10 Å². The molecule has 1 rings (SSSR count). The molecule has 0 aliphatic rings. The Morgan fingerprint density at radius 3 is 2.89 bits per heavy atom. The van der Waals surface area contributed by atoms with Crippen LogP contribution in [0, 0.1) is 0 Å². The first-order chi connectivity index (χ1) is 8.54. The number of para-hydroxylation sites is 1. The molecule has 1 N–H and O–H groups in total. The van der Waals surface area contributed by atoms with Crippen molar-refractivity contribution < 1.29 is 19.4 Å². The maximum absolute atomic E-state index is 10.5. The minimum atomic E-state index is -0.995. The number of methoxy groups -OCH3 is 1. The molecule has 0 amide bonds. The van der Waals surface area contributed by atoms with Crippen LogP contribution in [0.15, 0.2) is 28.7 Å². The van der Waals surface area contributed by atoms with Gasteiger partial charge in [0.15, 0.2) is 0 Å². The van der Waals surface area contributed by atoms with Gasteiger partial charge in [0.2, 0.25) is 0 Å². The van der Waals surface area contributed by atoms with Crippen molar-refractivity contribution in [1.29, 1.82) is 0 Å². The largest absolute Gasteiger partial charge is 0.487 e. The molecule has 1 unspecified atom stereocenters. The molecule has 0 heterocycles. The molecule has 1 aromatic carbocycles. The van der Waals surface area contributed by atoms with E-state index in [2.05, 4.69) is 15.9 Å². The molecular formula is C13H15BrO4. The third kappa shape index (κ3) is 4.50. The van der Waals surface area contributed by atoms with Crippen molar-refractivity contribution in [2.24, 2.45) is 0 Å². The number of carboxylic acid groups (broad SMARTS) is 1. The lowest BCUT2D eigenvalue weighted by molar-refractivity contribution is -0.131. The molecule has 1 atom stereocenters. The summed E-state index contributed by atoms with van der Waals surface area (Å²) in [5.74, 6) is -0.384. The van der Waals surface area contributed by atoms with E-state index in [4.69, 9.17) is 14.6 Å². The van der Waals surface area contributed by atoms with Gasteiger partial charge in [0.1, 0.15) is 11.9 Å². The van der Waals surface area contributed by atoms with Gasteiger partial charge in [-0.1, -0.05) is 12.1 Å². The van der Waals surface area contributed by atoms with Crippen LogP contribution in [-0.4, -0.2) is 30.9 Å². The molecule has 18 heavy (non-hydrogen) atoms. The summed E-state index contributed by atoms with van der Waals surface area (Å²) in [6.07, 6.45) is 2.46. The number of aliphatic carboxylic acids is 1. The first kappa shape index (κ1) is 14.7. The highest BCUT2D eigenvalue weighted by Crippen LogP contribution is 2.30. The van der Waals surface area contributed by atoms with E-state index in [1.54, 1.807) is 13.2 Å². The van der Waals surface area contributed by atoms with Crippen LogP contribution in [0.4, 0.5) is 0 Å². The molecule has 98 valence electrons. The van der Waals surface area contributed by atoms with E-state index in [1.807, 2.05) is 19.1 Å². The standard InChI is InChI=1S/C13H15BrO4/c1-9(8-17-2)18-13-10(6-7-12(15)16)4-3-5-11(13)14/h3-7,9H,8H2,1-2H3,(H,15,16). The van der Waals surface area contributed by atoms with Crippen molar-refractivity contribution in [2.75, 3.05) is 13.7 Å². The Balaban J connectivity index is 2.97. The molecule has 0 fully saturated rings. The molecule has 4 nitrogen and oxygen atoms in total. The molecule has 0 aromatic heterocycles. The zero-order valence-corrected chi connectivity index (χ0v) is 11.8. The Kier molecular flexibility index (Phi) is 5.88. The zero-order chi connectivity index (χ0) is 13.5. The highest BCUT2D eigenvalue weighted by atomic mass is 79.9. The summed E-state index contributed by atoms with van der Waals surface area (Å²) >= 11 is 3.39. The summed E-state index contributed by atoms with van der Waals surface area (Å²) in [5.41, 5.74) is 0.703. The molecule has 0 radical (unpaired) electrons. The Morgan fingerprint density at radius 2 is 2.28 bits per heavy atom. The zero-order valence-electron chi connectivity index (χ0n) is 10.2. The van der Waals surface area contributed by atoms with E-state index in [0.717, 1.165) is 10.5 Å². The van der Waals surface area contributed by atoms with Gasteiger partial charge in [-0.25, -0.2) is 4.79 Å². The number of ether oxygens (including phenoxy) is 2. The smallest absolute Gasteiger partial charge is 0.328 e. The number of rotatable bonds is 6. The van der Waals surface area contributed by atoms with Crippen LogP contribution in [-0.2, 0) is 9.53 Å². The minimum Gasteiger partial charge on any atom is -0.487 e. The van der Waals surface area contributed by atoms with Gasteiger partial charge < -0.3 is 14.6 Å². The van der Waals surface area contributed by atoms with Gasteiger partial charge in [-0.2, -0.15) is 0 Å². The van der Waals surface area contributed by atoms with Gasteiger partial charge >= 0.3 is 5.97 Å². The highest BCUT2D eigenvalue weighted by molar-refractivity contribution is 9.10. The van der Waals surface area contributed by atoms with Gasteiger partial charge in [-0.05, 0) is 35.0 Å². The van der Waals surface area contributed by atoms with E-state index >= 15 is 0 Å². The maximum Gasteiger partial charge on any atom is 0.328 e. The Hall–Kier alpha value is -1.33. The van der Waals surface area contributed by atoms with Crippen LogP contribution in [0.25, 0.3) is 6.08 Å². The second kappa shape index (κ2) is 7.18. The molecule has 5 heteroatoms. The third-order valence-corrected chi connectivity index (χ3v) is 2.75. The second-order valence-corrected chi connectivity index (χ2v) is 4.57. The fraction of sp³-hybridized carbons (Fsp3) is 0.308. The predicted molar refractivity (Wildman–Crippen MR) is 72.8 cm³/mol. The van der Waals surface area contributed by atoms with Crippen molar-refractivity contribution in [1.82, 2.24) is 0 Å². The summed E-state index contributed by atoms with van der Waals surface area (Å²) in [7, 11) is 1.60. The van der Waals surface area contributed by atoms with Gasteiger partial charge in [-0.3, -0.25) is 0 Å². The van der Waals surface area contributed by atoms with E-state index in [1.165, 1.54) is 6.08 Å². The van der Waals surface area contributed by atoms with E-state index < -0.39 is 5.97 Å². The van der Waals surface area contributed by atoms with Crippen molar-refractivity contribution in [2.45, 2.75) is 13.0 Å². The first-order valence-electron chi connectivity index (χ1n) is 5.39. The van der Waals surface area contributed by atoms with Crippen molar-refractivity contribution in [3.05, 3.63) is 34.3 Å². The molecule has 0 bridgehead atoms. The number of hydrogen-bond donors (Lipinski definition) is 1. The fourth-order valence-electron chi connectivity index (χ4n) is 1.41. The van der Waals surface area contributed by atoms with Crippen molar-refractivity contribution in [3.8, 4) is 5.75 Å². The Bertz CT molecular complexity index is 443. The van der Waals surface area contributed by atoms with Gasteiger partial charge in [0.05, 0.1) is 11.1 Å². The lowest BCUT2D eigenvalue weighted by Gasteiger charge is -2.17. The molecule has 0 saturated heterocycles. The normalized spacial score (nSPS) is 12.6. The second-order valence-electron chi connectivity index (χ2n) is 3.71. The molecule has 0 saturated carbocycles. The number of hydrogen-bond acceptors (Lipinski definition) is 3.